The Morgan fingerprint density at radius 1 is 1.47 bits per heavy atom. The summed E-state index contributed by atoms with van der Waals surface area (Å²) in [7, 11) is -3.72. The minimum atomic E-state index is -3.72. The van der Waals surface area contributed by atoms with Crippen LogP contribution in [0, 0.1) is 5.92 Å². The third kappa shape index (κ3) is 3.26. The molecule has 1 unspecified atom stereocenters. The van der Waals surface area contributed by atoms with Crippen LogP contribution in [-0.4, -0.2) is 25.5 Å². The van der Waals surface area contributed by atoms with Gasteiger partial charge in [-0.2, -0.15) is 0 Å². The lowest BCUT2D eigenvalue weighted by molar-refractivity contribution is 0.314. The Balaban J connectivity index is 2.28. The molecule has 0 amide bonds. The lowest BCUT2D eigenvalue weighted by atomic mass is 10.2. The number of nitrogens with zero attached hydrogens (tertiary/aromatic N) is 1. The van der Waals surface area contributed by atoms with Gasteiger partial charge < -0.3 is 10.9 Å². The fourth-order valence-electron chi connectivity index (χ4n) is 1.78. The van der Waals surface area contributed by atoms with Crippen molar-refractivity contribution in [3.8, 4) is 0 Å². The van der Waals surface area contributed by atoms with Crippen molar-refractivity contribution in [2.75, 3.05) is 0 Å². The summed E-state index contributed by atoms with van der Waals surface area (Å²) >= 11 is 3.20. The molecule has 2 rings (SSSR count). The summed E-state index contributed by atoms with van der Waals surface area (Å²) in [5.41, 5.74) is 5.54. The topological polar surface area (TPSA) is 105 Å². The summed E-state index contributed by atoms with van der Waals surface area (Å²) < 4.78 is 27.5. The molecule has 1 aromatic carbocycles. The zero-order chi connectivity index (χ0) is 14.0. The Labute approximate surface area is 119 Å². The van der Waals surface area contributed by atoms with E-state index < -0.39 is 16.1 Å². The van der Waals surface area contributed by atoms with E-state index in [2.05, 4.69) is 25.8 Å². The molecule has 0 aromatic heterocycles. The van der Waals surface area contributed by atoms with E-state index >= 15 is 0 Å². The number of halogens is 1. The molecule has 1 aliphatic rings. The molecule has 1 atom stereocenters. The first-order valence-corrected chi connectivity index (χ1v) is 7.97. The van der Waals surface area contributed by atoms with E-state index in [4.69, 9.17) is 10.9 Å². The number of benzene rings is 1. The molecule has 1 saturated carbocycles. The molecule has 8 heteroatoms. The Hall–Kier alpha value is -1.12. The summed E-state index contributed by atoms with van der Waals surface area (Å²) in [6.07, 6.45) is 1.72. The lowest BCUT2D eigenvalue weighted by Gasteiger charge is -2.17. The highest BCUT2D eigenvalue weighted by Crippen LogP contribution is 2.34. The van der Waals surface area contributed by atoms with E-state index in [1.165, 1.54) is 6.07 Å². The van der Waals surface area contributed by atoms with Crippen molar-refractivity contribution >= 4 is 31.8 Å². The normalized spacial score (nSPS) is 18.3. The molecule has 0 heterocycles. The number of sulfonamides is 1. The maximum absolute atomic E-state index is 12.3. The van der Waals surface area contributed by atoms with Crippen molar-refractivity contribution in [1.29, 1.82) is 0 Å². The second-order valence-electron chi connectivity index (χ2n) is 4.39. The van der Waals surface area contributed by atoms with E-state index in [0.29, 0.717) is 4.47 Å². The Morgan fingerprint density at radius 2 is 2.11 bits per heavy atom. The third-order valence-corrected chi connectivity index (χ3v) is 5.39. The Kier molecular flexibility index (Phi) is 4.12. The minimum Gasteiger partial charge on any atom is -0.409 e. The number of hydrogen-bond donors (Lipinski definition) is 3. The summed E-state index contributed by atoms with van der Waals surface area (Å²) in [6.45, 7) is 0. The second-order valence-corrected chi connectivity index (χ2v) is 6.93. The molecule has 0 saturated heterocycles. The van der Waals surface area contributed by atoms with Gasteiger partial charge >= 0.3 is 0 Å². The van der Waals surface area contributed by atoms with Crippen molar-refractivity contribution in [3.63, 3.8) is 0 Å². The van der Waals surface area contributed by atoms with E-state index in [1.807, 2.05) is 0 Å². The summed E-state index contributed by atoms with van der Waals surface area (Å²) in [6, 6.07) is 5.83. The monoisotopic (exact) mass is 347 g/mol. The lowest BCUT2D eigenvalue weighted by Crippen LogP contribution is -2.46. The molecule has 4 N–H and O–H groups in total. The first-order valence-electron chi connectivity index (χ1n) is 5.70. The third-order valence-electron chi connectivity index (χ3n) is 2.94. The average molecular weight is 348 g/mol. The van der Waals surface area contributed by atoms with Gasteiger partial charge in [0.2, 0.25) is 10.0 Å². The molecule has 1 aliphatic carbocycles. The van der Waals surface area contributed by atoms with Gasteiger partial charge in [0, 0.05) is 4.47 Å². The van der Waals surface area contributed by atoms with Crippen LogP contribution in [-0.2, 0) is 10.0 Å². The van der Waals surface area contributed by atoms with Crippen LogP contribution in [0.25, 0.3) is 0 Å². The van der Waals surface area contributed by atoms with E-state index in [-0.39, 0.29) is 16.6 Å². The van der Waals surface area contributed by atoms with Crippen LogP contribution in [0.5, 0.6) is 0 Å². The van der Waals surface area contributed by atoms with Crippen LogP contribution in [0.2, 0.25) is 0 Å². The van der Waals surface area contributed by atoms with Crippen molar-refractivity contribution in [1.82, 2.24) is 4.72 Å². The number of nitrogens with two attached hydrogens (primary N) is 1. The fourth-order valence-corrected chi connectivity index (χ4v) is 4.06. The standard InChI is InChI=1S/C11H14BrN3O3S/c12-8-3-1-2-4-9(8)19(17,18)15-10(7-5-6-7)11(13)14-16/h1-4,7,10,15-16H,5-6H2,(H2,13,14). The molecule has 0 bridgehead atoms. The van der Waals surface area contributed by atoms with Gasteiger partial charge in [-0.15, -0.1) is 0 Å². The smallest absolute Gasteiger partial charge is 0.242 e. The van der Waals surface area contributed by atoms with Crippen LogP contribution in [0.4, 0.5) is 0 Å². The van der Waals surface area contributed by atoms with Gasteiger partial charge in [0.1, 0.15) is 0 Å². The first-order chi connectivity index (χ1) is 8.95. The van der Waals surface area contributed by atoms with Crippen LogP contribution < -0.4 is 10.5 Å². The minimum absolute atomic E-state index is 0.0909. The summed E-state index contributed by atoms with van der Waals surface area (Å²) in [4.78, 5) is 0.131. The molecule has 1 aromatic rings. The Bertz CT molecular complexity index is 599. The maximum atomic E-state index is 12.3. The van der Waals surface area contributed by atoms with Crippen LogP contribution in [0.3, 0.4) is 0 Å². The van der Waals surface area contributed by atoms with Gasteiger partial charge in [0.25, 0.3) is 0 Å². The largest absolute Gasteiger partial charge is 0.409 e. The average Bonchev–Trinajstić information content (AvgIpc) is 3.19. The highest BCUT2D eigenvalue weighted by molar-refractivity contribution is 9.10. The molecule has 1 fully saturated rings. The van der Waals surface area contributed by atoms with Crippen molar-refractivity contribution in [2.45, 2.75) is 23.8 Å². The van der Waals surface area contributed by atoms with Crippen molar-refractivity contribution in [2.24, 2.45) is 16.8 Å². The quantitative estimate of drug-likeness (QED) is 0.322. The van der Waals surface area contributed by atoms with E-state index in [0.717, 1.165) is 12.8 Å². The van der Waals surface area contributed by atoms with Crippen molar-refractivity contribution in [3.05, 3.63) is 28.7 Å². The molecule has 0 spiro atoms. The van der Waals surface area contributed by atoms with Crippen LogP contribution >= 0.6 is 15.9 Å². The van der Waals surface area contributed by atoms with Gasteiger partial charge in [-0.1, -0.05) is 17.3 Å². The predicted molar refractivity (Wildman–Crippen MR) is 74.4 cm³/mol. The van der Waals surface area contributed by atoms with E-state index in [9.17, 15) is 8.42 Å². The van der Waals surface area contributed by atoms with Crippen LogP contribution in [0.15, 0.2) is 38.8 Å². The van der Waals surface area contributed by atoms with Crippen molar-refractivity contribution < 1.29 is 13.6 Å². The van der Waals surface area contributed by atoms with Gasteiger partial charge in [-0.25, -0.2) is 13.1 Å². The number of rotatable bonds is 5. The molecular formula is C11H14BrN3O3S. The maximum Gasteiger partial charge on any atom is 0.242 e. The molecular weight excluding hydrogens is 334 g/mol. The number of nitrogens with one attached hydrogen (secondary N) is 1. The van der Waals surface area contributed by atoms with Gasteiger partial charge in [-0.3, -0.25) is 0 Å². The molecule has 0 radical (unpaired) electrons. The zero-order valence-electron chi connectivity index (χ0n) is 9.95. The predicted octanol–water partition coefficient (Wildman–Crippen LogP) is 1.25. The van der Waals surface area contributed by atoms with Gasteiger partial charge in [0.15, 0.2) is 5.84 Å². The molecule has 0 aliphatic heterocycles. The number of oxime groups is 1. The second kappa shape index (κ2) is 5.48. The number of hydrogen-bond acceptors (Lipinski definition) is 4. The fraction of sp³-hybridized carbons (Fsp3) is 0.364. The van der Waals surface area contributed by atoms with Crippen LogP contribution in [0.1, 0.15) is 12.8 Å². The summed E-state index contributed by atoms with van der Waals surface area (Å²) in [5, 5.41) is 11.6. The number of amidine groups is 1. The highest BCUT2D eigenvalue weighted by Gasteiger charge is 2.37. The summed E-state index contributed by atoms with van der Waals surface area (Å²) in [5.74, 6) is -0.0220. The van der Waals surface area contributed by atoms with Gasteiger partial charge in [-0.05, 0) is 46.8 Å². The van der Waals surface area contributed by atoms with E-state index in [1.54, 1.807) is 18.2 Å². The zero-order valence-corrected chi connectivity index (χ0v) is 12.4. The Morgan fingerprint density at radius 3 is 2.63 bits per heavy atom. The molecule has 6 nitrogen and oxygen atoms in total. The SMILES string of the molecule is NC(=NO)C(NS(=O)(=O)c1ccccc1Br)C1CC1. The molecule has 19 heavy (non-hydrogen) atoms. The van der Waals surface area contributed by atoms with Gasteiger partial charge in [0.05, 0.1) is 10.9 Å². The first kappa shape index (κ1) is 14.3. The molecule has 104 valence electrons. The highest BCUT2D eigenvalue weighted by atomic mass is 79.9.